The van der Waals surface area contributed by atoms with E-state index in [1.54, 1.807) is 6.20 Å². The van der Waals surface area contributed by atoms with Gasteiger partial charge < -0.3 is 10.3 Å². The average molecular weight is 274 g/mol. The molecule has 0 radical (unpaired) electrons. The Balaban J connectivity index is 1.93. The van der Waals surface area contributed by atoms with Crippen LogP contribution in [0.15, 0.2) is 31.0 Å². The van der Waals surface area contributed by atoms with Crippen molar-refractivity contribution >= 4 is 17.4 Å². The first-order valence-electron chi connectivity index (χ1n) is 6.49. The van der Waals surface area contributed by atoms with Gasteiger partial charge in [-0.3, -0.25) is 4.98 Å². The third-order valence-electron chi connectivity index (χ3n) is 4.00. The normalized spacial score (nSPS) is 17.1. The summed E-state index contributed by atoms with van der Waals surface area (Å²) in [7, 11) is 0. The molecular weight excluding hydrogens is 256 g/mol. The molecule has 0 amide bonds. The highest BCUT2D eigenvalue weighted by atomic mass is 32.2. The lowest BCUT2D eigenvalue weighted by Crippen LogP contribution is -2.37. The van der Waals surface area contributed by atoms with Crippen LogP contribution in [0, 0.1) is 0 Å². The highest BCUT2D eigenvalue weighted by Gasteiger charge is 2.36. The van der Waals surface area contributed by atoms with Crippen LogP contribution in [0.3, 0.4) is 0 Å². The summed E-state index contributed by atoms with van der Waals surface area (Å²) in [5, 5.41) is 0. The second-order valence-electron chi connectivity index (χ2n) is 5.11. The quantitative estimate of drug-likeness (QED) is 0.931. The number of hydrogen-bond acceptors (Lipinski definition) is 4. The molecule has 100 valence electrons. The number of nitrogen functional groups attached to an aromatic ring is 1. The Bertz CT molecular complexity index is 569. The van der Waals surface area contributed by atoms with Gasteiger partial charge in [0.25, 0.3) is 0 Å². The van der Waals surface area contributed by atoms with Crippen LogP contribution in [0.5, 0.6) is 0 Å². The van der Waals surface area contributed by atoms with E-state index < -0.39 is 0 Å². The van der Waals surface area contributed by atoms with E-state index in [4.69, 9.17) is 5.73 Å². The zero-order valence-corrected chi connectivity index (χ0v) is 11.9. The van der Waals surface area contributed by atoms with Crippen molar-refractivity contribution in [3.05, 3.63) is 31.0 Å². The van der Waals surface area contributed by atoms with Gasteiger partial charge in [-0.2, -0.15) is 11.8 Å². The van der Waals surface area contributed by atoms with E-state index in [0.29, 0.717) is 4.75 Å². The van der Waals surface area contributed by atoms with Crippen LogP contribution in [0.4, 0.5) is 5.69 Å². The van der Waals surface area contributed by atoms with E-state index in [-0.39, 0.29) is 0 Å². The van der Waals surface area contributed by atoms with Crippen molar-refractivity contribution in [2.24, 2.45) is 0 Å². The van der Waals surface area contributed by atoms with Crippen molar-refractivity contribution in [1.82, 2.24) is 14.5 Å². The third kappa shape index (κ3) is 2.23. The highest BCUT2D eigenvalue weighted by molar-refractivity contribution is 8.00. The molecule has 4 nitrogen and oxygen atoms in total. The summed E-state index contributed by atoms with van der Waals surface area (Å²) in [5.74, 6) is 0. The minimum atomic E-state index is 0.381. The van der Waals surface area contributed by atoms with Crippen molar-refractivity contribution in [2.45, 2.75) is 30.6 Å². The van der Waals surface area contributed by atoms with Gasteiger partial charge in [-0.05, 0) is 25.2 Å². The molecule has 1 fully saturated rings. The van der Waals surface area contributed by atoms with Crippen LogP contribution in [-0.4, -0.2) is 25.5 Å². The number of imidazole rings is 1. The van der Waals surface area contributed by atoms with Crippen molar-refractivity contribution in [3.63, 3.8) is 0 Å². The zero-order chi connectivity index (χ0) is 13.3. The number of thioether (sulfide) groups is 1. The summed E-state index contributed by atoms with van der Waals surface area (Å²) in [6.07, 6.45) is 13.4. The zero-order valence-electron chi connectivity index (χ0n) is 11.0. The van der Waals surface area contributed by atoms with Crippen molar-refractivity contribution in [1.29, 1.82) is 0 Å². The second-order valence-corrected chi connectivity index (χ2v) is 6.38. The maximum absolute atomic E-state index is 6.04. The molecule has 0 spiro atoms. The number of anilines is 1. The minimum Gasteiger partial charge on any atom is -0.398 e. The van der Waals surface area contributed by atoms with Crippen LogP contribution >= 0.6 is 11.8 Å². The molecule has 0 atom stereocenters. The molecule has 19 heavy (non-hydrogen) atoms. The standard InChI is InChI=1S/C14H18N4S/c1-19-14(4-2-5-14)9-18-10-17-8-13(18)11-7-16-6-3-12(11)15/h3,6-8,10H,2,4-5,9H2,1H3,(H2,15,16). The van der Waals surface area contributed by atoms with Gasteiger partial charge in [-0.25, -0.2) is 4.98 Å². The van der Waals surface area contributed by atoms with E-state index in [1.165, 1.54) is 19.3 Å². The molecule has 1 aliphatic carbocycles. The van der Waals surface area contributed by atoms with E-state index in [2.05, 4.69) is 20.8 Å². The van der Waals surface area contributed by atoms with Crippen LogP contribution in [0.25, 0.3) is 11.3 Å². The number of pyridine rings is 1. The van der Waals surface area contributed by atoms with Gasteiger partial charge in [0, 0.05) is 34.9 Å². The predicted molar refractivity (Wildman–Crippen MR) is 80.0 cm³/mol. The van der Waals surface area contributed by atoms with Gasteiger partial charge in [-0.1, -0.05) is 6.42 Å². The Morgan fingerprint density at radius 1 is 1.37 bits per heavy atom. The van der Waals surface area contributed by atoms with Crippen molar-refractivity contribution < 1.29 is 0 Å². The maximum Gasteiger partial charge on any atom is 0.0951 e. The van der Waals surface area contributed by atoms with Gasteiger partial charge in [0.15, 0.2) is 0 Å². The predicted octanol–water partition coefficient (Wildman–Crippen LogP) is 2.81. The molecule has 2 heterocycles. The topological polar surface area (TPSA) is 56.7 Å². The number of nitrogens with zero attached hydrogens (tertiary/aromatic N) is 3. The van der Waals surface area contributed by atoms with Crippen LogP contribution in [0.2, 0.25) is 0 Å². The summed E-state index contributed by atoms with van der Waals surface area (Å²) in [5.41, 5.74) is 8.82. The lowest BCUT2D eigenvalue weighted by molar-refractivity contribution is 0.323. The van der Waals surface area contributed by atoms with E-state index in [9.17, 15) is 0 Å². The van der Waals surface area contributed by atoms with Gasteiger partial charge in [0.2, 0.25) is 0 Å². The Hall–Kier alpha value is -1.49. The van der Waals surface area contributed by atoms with E-state index in [1.807, 2.05) is 36.5 Å². The molecule has 1 aliphatic rings. The summed E-state index contributed by atoms with van der Waals surface area (Å²) in [4.78, 5) is 8.45. The lowest BCUT2D eigenvalue weighted by Gasteiger charge is -2.41. The lowest BCUT2D eigenvalue weighted by atomic mass is 9.84. The maximum atomic E-state index is 6.04. The molecule has 5 heteroatoms. The molecule has 0 saturated heterocycles. The molecule has 0 bridgehead atoms. The van der Waals surface area contributed by atoms with Crippen LogP contribution in [0.1, 0.15) is 19.3 Å². The smallest absolute Gasteiger partial charge is 0.0951 e. The first kappa shape index (κ1) is 12.5. The van der Waals surface area contributed by atoms with E-state index in [0.717, 1.165) is 23.5 Å². The van der Waals surface area contributed by atoms with Gasteiger partial charge in [0.05, 0.1) is 18.2 Å². The Morgan fingerprint density at radius 2 is 2.21 bits per heavy atom. The summed E-state index contributed by atoms with van der Waals surface area (Å²) in [6, 6.07) is 1.83. The highest BCUT2D eigenvalue weighted by Crippen LogP contribution is 2.44. The van der Waals surface area contributed by atoms with Gasteiger partial charge in [-0.15, -0.1) is 0 Å². The molecule has 0 aromatic carbocycles. The molecule has 2 aromatic heterocycles. The SMILES string of the molecule is CSC1(Cn2cncc2-c2cnccc2N)CCC1. The first-order chi connectivity index (χ1) is 9.24. The van der Waals surface area contributed by atoms with E-state index >= 15 is 0 Å². The minimum absolute atomic E-state index is 0.381. The first-order valence-corrected chi connectivity index (χ1v) is 7.72. The van der Waals surface area contributed by atoms with Crippen LogP contribution in [-0.2, 0) is 6.54 Å². The number of rotatable bonds is 4. The Kier molecular flexibility index (Phi) is 3.22. The molecule has 3 rings (SSSR count). The second kappa shape index (κ2) is 4.89. The Morgan fingerprint density at radius 3 is 2.84 bits per heavy atom. The fourth-order valence-electron chi connectivity index (χ4n) is 2.60. The summed E-state index contributed by atoms with van der Waals surface area (Å²) in [6.45, 7) is 0.998. The molecule has 2 N–H and O–H groups in total. The van der Waals surface area contributed by atoms with Crippen molar-refractivity contribution in [3.8, 4) is 11.3 Å². The number of nitrogens with two attached hydrogens (primary N) is 1. The van der Waals surface area contributed by atoms with Crippen LogP contribution < -0.4 is 5.73 Å². The number of aromatic nitrogens is 3. The molecular formula is C14H18N4S. The summed E-state index contributed by atoms with van der Waals surface area (Å²) < 4.78 is 2.59. The number of hydrogen-bond donors (Lipinski definition) is 1. The fourth-order valence-corrected chi connectivity index (χ4v) is 3.56. The summed E-state index contributed by atoms with van der Waals surface area (Å²) >= 11 is 1.97. The van der Waals surface area contributed by atoms with Gasteiger partial charge in [0.1, 0.15) is 0 Å². The molecule has 2 aromatic rings. The third-order valence-corrected chi connectivity index (χ3v) is 5.40. The molecule has 0 unspecified atom stereocenters. The average Bonchev–Trinajstić information content (AvgIpc) is 2.82. The molecule has 1 saturated carbocycles. The monoisotopic (exact) mass is 274 g/mol. The largest absolute Gasteiger partial charge is 0.398 e. The fraction of sp³-hybridized carbons (Fsp3) is 0.429. The Labute approximate surface area is 117 Å². The molecule has 0 aliphatic heterocycles. The van der Waals surface area contributed by atoms with Gasteiger partial charge >= 0.3 is 0 Å². The van der Waals surface area contributed by atoms with Crippen molar-refractivity contribution in [2.75, 3.05) is 12.0 Å².